The Balaban J connectivity index is 1.50. The van der Waals surface area contributed by atoms with Crippen LogP contribution < -0.4 is 14.8 Å². The number of methoxy groups -OCH3 is 1. The molecule has 1 amide bonds. The number of rotatable bonds is 7. The van der Waals surface area contributed by atoms with Crippen LogP contribution >= 0.6 is 0 Å². The van der Waals surface area contributed by atoms with Gasteiger partial charge >= 0.3 is 0 Å². The minimum atomic E-state index is 0.0726. The Morgan fingerprint density at radius 1 is 1.00 bits per heavy atom. The fourth-order valence-electron chi connectivity index (χ4n) is 4.36. The van der Waals surface area contributed by atoms with Gasteiger partial charge in [-0.1, -0.05) is 19.3 Å². The first-order valence-electron chi connectivity index (χ1n) is 11.2. The summed E-state index contributed by atoms with van der Waals surface area (Å²) in [6.45, 7) is 2.77. The molecule has 1 saturated heterocycles. The lowest BCUT2D eigenvalue weighted by molar-refractivity contribution is -0.706. The van der Waals surface area contributed by atoms with Crippen molar-refractivity contribution in [3.05, 3.63) is 23.8 Å². The SMILES string of the molecule is COc1cc(C[NH2+]C2CCCCCCC2)ccc1OCC(=O)N1CCCCC1. The maximum absolute atomic E-state index is 12.3. The van der Waals surface area contributed by atoms with E-state index in [4.69, 9.17) is 9.47 Å². The van der Waals surface area contributed by atoms with Gasteiger partial charge in [0, 0.05) is 18.7 Å². The number of likely N-dealkylation sites (tertiary alicyclic amines) is 1. The van der Waals surface area contributed by atoms with Gasteiger partial charge in [0.05, 0.1) is 13.2 Å². The van der Waals surface area contributed by atoms with E-state index in [0.717, 1.165) is 44.3 Å². The molecule has 2 aliphatic rings. The monoisotopic (exact) mass is 389 g/mol. The molecule has 2 N–H and O–H groups in total. The van der Waals surface area contributed by atoms with E-state index in [1.165, 1.54) is 56.9 Å². The van der Waals surface area contributed by atoms with Crippen LogP contribution in [0.4, 0.5) is 0 Å². The summed E-state index contributed by atoms with van der Waals surface area (Å²) in [7, 11) is 1.66. The van der Waals surface area contributed by atoms with Crippen LogP contribution in [0.2, 0.25) is 0 Å². The van der Waals surface area contributed by atoms with Crippen molar-refractivity contribution in [3.8, 4) is 11.5 Å². The highest BCUT2D eigenvalue weighted by molar-refractivity contribution is 5.78. The predicted molar refractivity (Wildman–Crippen MR) is 111 cm³/mol. The smallest absolute Gasteiger partial charge is 0.260 e. The van der Waals surface area contributed by atoms with Crippen LogP contribution in [0.1, 0.15) is 69.8 Å². The van der Waals surface area contributed by atoms with Gasteiger partial charge in [0.2, 0.25) is 0 Å². The second-order valence-corrected chi connectivity index (χ2v) is 8.26. The molecule has 0 aromatic heterocycles. The van der Waals surface area contributed by atoms with Gasteiger partial charge in [-0.25, -0.2) is 0 Å². The van der Waals surface area contributed by atoms with Crippen molar-refractivity contribution in [1.29, 1.82) is 0 Å². The molecule has 5 heteroatoms. The number of nitrogens with zero attached hydrogens (tertiary/aromatic N) is 1. The maximum Gasteiger partial charge on any atom is 0.260 e. The number of nitrogens with two attached hydrogens (primary N) is 1. The van der Waals surface area contributed by atoms with E-state index in [1.807, 2.05) is 11.0 Å². The van der Waals surface area contributed by atoms with Gasteiger partial charge in [-0.05, 0) is 63.1 Å². The highest BCUT2D eigenvalue weighted by Crippen LogP contribution is 2.28. The zero-order chi connectivity index (χ0) is 19.6. The fourth-order valence-corrected chi connectivity index (χ4v) is 4.36. The summed E-state index contributed by atoms with van der Waals surface area (Å²) in [5.41, 5.74) is 1.24. The summed E-state index contributed by atoms with van der Waals surface area (Å²) in [6.07, 6.45) is 13.0. The lowest BCUT2D eigenvalue weighted by atomic mass is 9.96. The number of carbonyl (C=O) groups is 1. The first-order chi connectivity index (χ1) is 13.8. The molecule has 2 fully saturated rings. The van der Waals surface area contributed by atoms with Crippen molar-refractivity contribution in [1.82, 2.24) is 4.90 Å². The maximum atomic E-state index is 12.3. The zero-order valence-electron chi connectivity index (χ0n) is 17.5. The van der Waals surface area contributed by atoms with Gasteiger partial charge < -0.3 is 19.7 Å². The van der Waals surface area contributed by atoms with Gasteiger partial charge in [0.15, 0.2) is 18.1 Å². The lowest BCUT2D eigenvalue weighted by Crippen LogP contribution is -2.88. The van der Waals surface area contributed by atoms with Crippen molar-refractivity contribution in [2.75, 3.05) is 26.8 Å². The Bertz CT molecular complexity index is 606. The van der Waals surface area contributed by atoms with E-state index in [2.05, 4.69) is 17.4 Å². The molecular formula is C23H37N2O3+. The number of benzene rings is 1. The van der Waals surface area contributed by atoms with Crippen LogP contribution in [-0.4, -0.2) is 43.7 Å². The Morgan fingerprint density at radius 3 is 2.39 bits per heavy atom. The van der Waals surface area contributed by atoms with Crippen LogP contribution in [-0.2, 0) is 11.3 Å². The Kier molecular flexibility index (Phi) is 8.46. The zero-order valence-corrected chi connectivity index (χ0v) is 17.5. The Labute approximate surface area is 169 Å². The average molecular weight is 390 g/mol. The molecule has 3 rings (SSSR count). The minimum Gasteiger partial charge on any atom is -0.493 e. The Hall–Kier alpha value is -1.75. The average Bonchev–Trinajstić information content (AvgIpc) is 2.72. The molecule has 1 aromatic carbocycles. The number of amides is 1. The van der Waals surface area contributed by atoms with Gasteiger partial charge in [-0.3, -0.25) is 4.79 Å². The van der Waals surface area contributed by atoms with E-state index in [1.54, 1.807) is 7.11 Å². The van der Waals surface area contributed by atoms with Crippen LogP contribution in [0.25, 0.3) is 0 Å². The third-order valence-corrected chi connectivity index (χ3v) is 6.12. The summed E-state index contributed by atoms with van der Waals surface area (Å²) in [6, 6.07) is 6.84. The topological polar surface area (TPSA) is 55.4 Å². The number of hydrogen-bond donors (Lipinski definition) is 1. The van der Waals surface area contributed by atoms with Crippen molar-refractivity contribution in [2.24, 2.45) is 0 Å². The molecule has 1 saturated carbocycles. The lowest BCUT2D eigenvalue weighted by Gasteiger charge is -2.26. The van der Waals surface area contributed by atoms with Crippen LogP contribution in [0.5, 0.6) is 11.5 Å². The van der Waals surface area contributed by atoms with Crippen LogP contribution in [0.15, 0.2) is 18.2 Å². The molecule has 1 aromatic rings. The molecule has 1 heterocycles. The summed E-state index contributed by atoms with van der Waals surface area (Å²) in [5.74, 6) is 1.45. The highest BCUT2D eigenvalue weighted by Gasteiger charge is 2.18. The van der Waals surface area contributed by atoms with E-state index in [0.29, 0.717) is 5.75 Å². The molecule has 0 radical (unpaired) electrons. The number of quaternary nitrogens is 1. The van der Waals surface area contributed by atoms with Gasteiger partial charge in [0.25, 0.3) is 5.91 Å². The van der Waals surface area contributed by atoms with Gasteiger partial charge in [-0.15, -0.1) is 0 Å². The van der Waals surface area contributed by atoms with E-state index >= 15 is 0 Å². The number of hydrogen-bond acceptors (Lipinski definition) is 3. The Morgan fingerprint density at radius 2 is 1.68 bits per heavy atom. The molecule has 0 atom stereocenters. The van der Waals surface area contributed by atoms with Crippen LogP contribution in [0.3, 0.4) is 0 Å². The molecule has 0 spiro atoms. The molecule has 156 valence electrons. The highest BCUT2D eigenvalue weighted by atomic mass is 16.5. The third kappa shape index (κ3) is 6.40. The number of carbonyl (C=O) groups excluding carboxylic acids is 1. The molecule has 1 aliphatic heterocycles. The standard InChI is InChI=1S/C23H36N2O3/c1-27-22-16-19(17-24-20-10-6-3-2-4-7-11-20)12-13-21(22)28-18-23(26)25-14-8-5-9-15-25/h12-13,16,20,24H,2-11,14-15,17-18H2,1H3/p+1. The van der Waals surface area contributed by atoms with Crippen LogP contribution in [0, 0.1) is 0 Å². The van der Waals surface area contributed by atoms with E-state index < -0.39 is 0 Å². The fraction of sp³-hybridized carbons (Fsp3) is 0.696. The van der Waals surface area contributed by atoms with E-state index in [-0.39, 0.29) is 12.5 Å². The summed E-state index contributed by atoms with van der Waals surface area (Å²) in [4.78, 5) is 14.2. The second-order valence-electron chi connectivity index (χ2n) is 8.26. The number of piperidine rings is 1. The second kappa shape index (κ2) is 11.3. The first kappa shape index (κ1) is 21.0. The van der Waals surface area contributed by atoms with Crippen molar-refractivity contribution in [3.63, 3.8) is 0 Å². The molecule has 28 heavy (non-hydrogen) atoms. The molecule has 0 bridgehead atoms. The molecule has 1 aliphatic carbocycles. The molecule has 0 unspecified atom stereocenters. The molecular weight excluding hydrogens is 352 g/mol. The summed E-state index contributed by atoms with van der Waals surface area (Å²) in [5, 5.41) is 2.49. The summed E-state index contributed by atoms with van der Waals surface area (Å²) >= 11 is 0. The first-order valence-corrected chi connectivity index (χ1v) is 11.2. The minimum absolute atomic E-state index is 0.0726. The largest absolute Gasteiger partial charge is 0.493 e. The quantitative estimate of drug-likeness (QED) is 0.779. The number of ether oxygens (including phenoxy) is 2. The summed E-state index contributed by atoms with van der Waals surface area (Å²) < 4.78 is 11.3. The van der Waals surface area contributed by atoms with E-state index in [9.17, 15) is 4.79 Å². The van der Waals surface area contributed by atoms with Crippen molar-refractivity contribution in [2.45, 2.75) is 76.8 Å². The molecule has 5 nitrogen and oxygen atoms in total. The third-order valence-electron chi connectivity index (χ3n) is 6.12. The van der Waals surface area contributed by atoms with Gasteiger partial charge in [-0.2, -0.15) is 0 Å². The van der Waals surface area contributed by atoms with Crippen molar-refractivity contribution >= 4 is 5.91 Å². The normalized spacial score (nSPS) is 19.0. The van der Waals surface area contributed by atoms with Gasteiger partial charge in [0.1, 0.15) is 6.54 Å². The predicted octanol–water partition coefficient (Wildman–Crippen LogP) is 3.26. The van der Waals surface area contributed by atoms with Crippen molar-refractivity contribution < 1.29 is 19.6 Å².